The lowest BCUT2D eigenvalue weighted by molar-refractivity contribution is 0.145. The Morgan fingerprint density at radius 2 is 2.28 bits per heavy atom. The van der Waals surface area contributed by atoms with Crippen LogP contribution in [0.5, 0.6) is 0 Å². The van der Waals surface area contributed by atoms with E-state index in [1.165, 1.54) is 25.7 Å². The molecule has 1 fully saturated rings. The predicted octanol–water partition coefficient (Wildman–Crippen LogP) is 4.94. The van der Waals surface area contributed by atoms with Gasteiger partial charge in [-0.1, -0.05) is 36.3 Å². The molecule has 0 atom stereocenters. The van der Waals surface area contributed by atoms with E-state index in [1.807, 2.05) is 18.2 Å². The molecule has 2 nitrogen and oxygen atoms in total. The largest absolute Gasteiger partial charge is 0.361 e. The molecule has 1 N–H and O–H groups in total. The molecule has 1 saturated carbocycles. The van der Waals surface area contributed by atoms with E-state index in [1.54, 1.807) is 11.3 Å². The molecule has 1 aliphatic rings. The Morgan fingerprint density at radius 1 is 1.44 bits per heavy atom. The Bertz CT molecular complexity index is 554. The van der Waals surface area contributed by atoms with Crippen LogP contribution in [-0.2, 0) is 0 Å². The van der Waals surface area contributed by atoms with Crippen molar-refractivity contribution in [3.05, 3.63) is 23.2 Å². The van der Waals surface area contributed by atoms with Crippen molar-refractivity contribution in [2.24, 2.45) is 5.41 Å². The fraction of sp³-hybridized carbons (Fsp3) is 0.500. The summed E-state index contributed by atoms with van der Waals surface area (Å²) >= 11 is 7.68. The number of halogens is 1. The van der Waals surface area contributed by atoms with Crippen molar-refractivity contribution in [2.45, 2.75) is 32.6 Å². The van der Waals surface area contributed by atoms with E-state index < -0.39 is 0 Å². The lowest BCUT2D eigenvalue weighted by Crippen LogP contribution is -2.35. The molecule has 2 aromatic rings. The second-order valence-corrected chi connectivity index (χ2v) is 6.66. The molecule has 4 heteroatoms. The van der Waals surface area contributed by atoms with E-state index in [-0.39, 0.29) is 0 Å². The summed E-state index contributed by atoms with van der Waals surface area (Å²) in [5.74, 6) is 0. The van der Waals surface area contributed by atoms with Gasteiger partial charge in [0.25, 0.3) is 0 Å². The van der Waals surface area contributed by atoms with Gasteiger partial charge < -0.3 is 5.32 Å². The van der Waals surface area contributed by atoms with Crippen LogP contribution in [0.3, 0.4) is 0 Å². The summed E-state index contributed by atoms with van der Waals surface area (Å²) in [5, 5.41) is 5.31. The number of nitrogens with zero attached hydrogens (tertiary/aromatic N) is 1. The van der Waals surface area contributed by atoms with Crippen molar-refractivity contribution < 1.29 is 0 Å². The predicted molar refractivity (Wildman–Crippen MR) is 79.7 cm³/mol. The molecular formula is C14H17ClN2S. The average molecular weight is 281 g/mol. The molecule has 96 valence electrons. The van der Waals surface area contributed by atoms with Crippen LogP contribution in [0.1, 0.15) is 32.6 Å². The Morgan fingerprint density at radius 3 is 2.94 bits per heavy atom. The van der Waals surface area contributed by atoms with Gasteiger partial charge in [-0.15, -0.1) is 0 Å². The molecule has 0 amide bonds. The molecule has 1 aromatic carbocycles. The van der Waals surface area contributed by atoms with E-state index >= 15 is 0 Å². The minimum atomic E-state index is 0.523. The van der Waals surface area contributed by atoms with Crippen LogP contribution in [0.25, 0.3) is 10.2 Å². The van der Waals surface area contributed by atoms with Gasteiger partial charge in [0.15, 0.2) is 5.13 Å². The first-order valence-electron chi connectivity index (χ1n) is 6.51. The molecule has 18 heavy (non-hydrogen) atoms. The molecule has 0 bridgehead atoms. The van der Waals surface area contributed by atoms with E-state index in [0.29, 0.717) is 5.41 Å². The van der Waals surface area contributed by atoms with Crippen LogP contribution < -0.4 is 5.32 Å². The standard InChI is InChI=1S/C14H17ClN2S/c1-2-14(6-3-7-14)9-16-13-17-11-5-4-10(15)8-12(11)18-13/h4-5,8H,2-3,6-7,9H2,1H3,(H,16,17). The summed E-state index contributed by atoms with van der Waals surface area (Å²) in [6.45, 7) is 3.34. The van der Waals surface area contributed by atoms with Crippen LogP contribution >= 0.6 is 22.9 Å². The average Bonchev–Trinajstić information content (AvgIpc) is 2.70. The van der Waals surface area contributed by atoms with Gasteiger partial charge in [-0.3, -0.25) is 0 Å². The van der Waals surface area contributed by atoms with E-state index in [4.69, 9.17) is 11.6 Å². The highest BCUT2D eigenvalue weighted by Gasteiger charge is 2.34. The van der Waals surface area contributed by atoms with Crippen molar-refractivity contribution in [3.63, 3.8) is 0 Å². The van der Waals surface area contributed by atoms with Gasteiger partial charge in [0.1, 0.15) is 0 Å². The Labute approximate surface area is 116 Å². The monoisotopic (exact) mass is 280 g/mol. The summed E-state index contributed by atoms with van der Waals surface area (Å²) in [6, 6.07) is 5.86. The Hall–Kier alpha value is -0.800. The summed E-state index contributed by atoms with van der Waals surface area (Å²) in [6.07, 6.45) is 5.35. The van der Waals surface area contributed by atoms with Crippen molar-refractivity contribution in [1.29, 1.82) is 0 Å². The smallest absolute Gasteiger partial charge is 0.183 e. The maximum atomic E-state index is 5.99. The lowest BCUT2D eigenvalue weighted by atomic mass is 9.67. The van der Waals surface area contributed by atoms with Gasteiger partial charge in [-0.05, 0) is 42.9 Å². The van der Waals surface area contributed by atoms with E-state index in [9.17, 15) is 0 Å². The fourth-order valence-electron chi connectivity index (χ4n) is 2.57. The van der Waals surface area contributed by atoms with Crippen LogP contribution in [0.15, 0.2) is 18.2 Å². The van der Waals surface area contributed by atoms with Crippen LogP contribution in [0, 0.1) is 5.41 Å². The summed E-state index contributed by atoms with van der Waals surface area (Å²) in [5.41, 5.74) is 1.56. The second kappa shape index (κ2) is 4.71. The van der Waals surface area contributed by atoms with Crippen LogP contribution in [-0.4, -0.2) is 11.5 Å². The third-order valence-electron chi connectivity index (χ3n) is 4.13. The number of fused-ring (bicyclic) bond motifs is 1. The summed E-state index contributed by atoms with van der Waals surface area (Å²) < 4.78 is 1.16. The molecule has 0 aliphatic heterocycles. The zero-order valence-corrected chi connectivity index (χ0v) is 12.1. The van der Waals surface area contributed by atoms with Gasteiger partial charge in [0, 0.05) is 11.6 Å². The van der Waals surface area contributed by atoms with Gasteiger partial charge in [-0.25, -0.2) is 4.98 Å². The van der Waals surface area contributed by atoms with Gasteiger partial charge in [-0.2, -0.15) is 0 Å². The third-order valence-corrected chi connectivity index (χ3v) is 5.34. The minimum absolute atomic E-state index is 0.523. The highest BCUT2D eigenvalue weighted by Crippen LogP contribution is 2.44. The fourth-order valence-corrected chi connectivity index (χ4v) is 3.71. The maximum absolute atomic E-state index is 5.99. The van der Waals surface area contributed by atoms with Gasteiger partial charge >= 0.3 is 0 Å². The van der Waals surface area contributed by atoms with Crippen molar-refractivity contribution in [1.82, 2.24) is 4.98 Å². The Kier molecular flexibility index (Phi) is 3.20. The van der Waals surface area contributed by atoms with Crippen molar-refractivity contribution >= 4 is 38.3 Å². The molecule has 1 aliphatic carbocycles. The summed E-state index contributed by atoms with van der Waals surface area (Å²) in [7, 11) is 0. The highest BCUT2D eigenvalue weighted by molar-refractivity contribution is 7.22. The molecule has 0 radical (unpaired) electrons. The molecule has 0 saturated heterocycles. The first-order valence-corrected chi connectivity index (χ1v) is 7.70. The van der Waals surface area contributed by atoms with Crippen LogP contribution in [0.2, 0.25) is 5.02 Å². The normalized spacial score (nSPS) is 17.7. The highest BCUT2D eigenvalue weighted by atomic mass is 35.5. The van der Waals surface area contributed by atoms with Crippen molar-refractivity contribution in [2.75, 3.05) is 11.9 Å². The number of benzene rings is 1. The minimum Gasteiger partial charge on any atom is -0.361 e. The first kappa shape index (κ1) is 12.2. The number of thiazole rings is 1. The second-order valence-electron chi connectivity index (χ2n) is 5.19. The van der Waals surface area contributed by atoms with E-state index in [2.05, 4.69) is 17.2 Å². The number of hydrogen-bond acceptors (Lipinski definition) is 3. The number of hydrogen-bond donors (Lipinski definition) is 1. The Balaban J connectivity index is 1.74. The number of aromatic nitrogens is 1. The number of rotatable bonds is 4. The third kappa shape index (κ3) is 2.21. The quantitative estimate of drug-likeness (QED) is 0.858. The number of nitrogens with one attached hydrogen (secondary N) is 1. The SMILES string of the molecule is CCC1(CNc2nc3ccc(Cl)cc3s2)CCC1. The molecule has 0 unspecified atom stereocenters. The molecular weight excluding hydrogens is 264 g/mol. The topological polar surface area (TPSA) is 24.9 Å². The molecule has 3 rings (SSSR count). The zero-order chi connectivity index (χ0) is 12.6. The molecule has 1 aromatic heterocycles. The van der Waals surface area contributed by atoms with Crippen LogP contribution in [0.4, 0.5) is 5.13 Å². The van der Waals surface area contributed by atoms with Gasteiger partial charge in [0.05, 0.1) is 10.2 Å². The molecule has 1 heterocycles. The lowest BCUT2D eigenvalue weighted by Gasteiger charge is -2.41. The van der Waals surface area contributed by atoms with Gasteiger partial charge in [0.2, 0.25) is 0 Å². The number of anilines is 1. The first-order chi connectivity index (χ1) is 8.71. The zero-order valence-electron chi connectivity index (χ0n) is 10.5. The molecule has 0 spiro atoms. The maximum Gasteiger partial charge on any atom is 0.183 e. The van der Waals surface area contributed by atoms with Crippen molar-refractivity contribution in [3.8, 4) is 0 Å². The summed E-state index contributed by atoms with van der Waals surface area (Å²) in [4.78, 5) is 4.60. The van der Waals surface area contributed by atoms with E-state index in [0.717, 1.165) is 26.9 Å².